The summed E-state index contributed by atoms with van der Waals surface area (Å²) in [6.45, 7) is 3.55. The number of nitro benzene ring substituents is 1. The molecule has 1 atom stereocenters. The van der Waals surface area contributed by atoms with Gasteiger partial charge in [0.05, 0.1) is 11.5 Å². The van der Waals surface area contributed by atoms with Crippen LogP contribution < -0.4 is 0 Å². The van der Waals surface area contributed by atoms with Crippen LogP contribution in [-0.4, -0.2) is 16.6 Å². The van der Waals surface area contributed by atoms with Crippen LogP contribution in [0.3, 0.4) is 0 Å². The molecule has 0 aliphatic carbocycles. The van der Waals surface area contributed by atoms with Gasteiger partial charge in [-0.05, 0) is 12.0 Å². The summed E-state index contributed by atoms with van der Waals surface area (Å²) in [6.07, 6.45) is 2.30. The SMILES string of the molecule is C=CCC(CO)c1cccc([N+](=O)[O-])c1. The Morgan fingerprint density at radius 2 is 2.33 bits per heavy atom. The summed E-state index contributed by atoms with van der Waals surface area (Å²) in [4.78, 5) is 10.1. The molecule has 4 nitrogen and oxygen atoms in total. The Bertz CT molecular complexity index is 363. The predicted octanol–water partition coefficient (Wildman–Crippen LogP) is 2.25. The summed E-state index contributed by atoms with van der Waals surface area (Å²) in [5.74, 6) is -0.109. The second-order valence-electron chi connectivity index (χ2n) is 3.26. The third-order valence-corrected chi connectivity index (χ3v) is 2.22. The molecule has 80 valence electrons. The van der Waals surface area contributed by atoms with Crippen LogP contribution in [0.1, 0.15) is 17.9 Å². The summed E-state index contributed by atoms with van der Waals surface area (Å²) in [7, 11) is 0. The van der Waals surface area contributed by atoms with Gasteiger partial charge >= 0.3 is 0 Å². The van der Waals surface area contributed by atoms with E-state index in [4.69, 9.17) is 5.11 Å². The lowest BCUT2D eigenvalue weighted by atomic mass is 9.96. The average molecular weight is 207 g/mol. The molecule has 0 saturated carbocycles. The summed E-state index contributed by atoms with van der Waals surface area (Å²) in [6, 6.07) is 6.33. The fourth-order valence-corrected chi connectivity index (χ4v) is 1.41. The third-order valence-electron chi connectivity index (χ3n) is 2.22. The standard InChI is InChI=1S/C11H13NO3/c1-2-4-10(8-13)9-5-3-6-11(7-9)12(14)15/h2-3,5-7,10,13H,1,4,8H2. The molecule has 1 aromatic rings. The topological polar surface area (TPSA) is 63.4 Å². The molecule has 0 aromatic heterocycles. The number of rotatable bonds is 5. The van der Waals surface area contributed by atoms with Gasteiger partial charge in [-0.3, -0.25) is 10.1 Å². The maximum Gasteiger partial charge on any atom is 0.269 e. The molecule has 0 saturated heterocycles. The van der Waals surface area contributed by atoms with E-state index in [1.165, 1.54) is 12.1 Å². The highest BCUT2D eigenvalue weighted by Crippen LogP contribution is 2.23. The predicted molar refractivity (Wildman–Crippen MR) is 57.7 cm³/mol. The number of nitro groups is 1. The molecule has 0 amide bonds. The molecular weight excluding hydrogens is 194 g/mol. The van der Waals surface area contributed by atoms with E-state index in [1.54, 1.807) is 18.2 Å². The zero-order chi connectivity index (χ0) is 11.3. The minimum absolute atomic E-state index is 0.0345. The lowest BCUT2D eigenvalue weighted by Gasteiger charge is -2.11. The van der Waals surface area contributed by atoms with Crippen LogP contribution in [0, 0.1) is 10.1 Å². The van der Waals surface area contributed by atoms with Gasteiger partial charge in [-0.2, -0.15) is 0 Å². The molecule has 0 aliphatic heterocycles. The van der Waals surface area contributed by atoms with Crippen LogP contribution in [0.4, 0.5) is 5.69 Å². The van der Waals surface area contributed by atoms with Crippen LogP contribution in [-0.2, 0) is 0 Å². The summed E-state index contributed by atoms with van der Waals surface area (Å²) >= 11 is 0. The highest BCUT2D eigenvalue weighted by molar-refractivity contribution is 5.36. The van der Waals surface area contributed by atoms with Crippen LogP contribution in [0.2, 0.25) is 0 Å². The molecular formula is C11H13NO3. The second-order valence-corrected chi connectivity index (χ2v) is 3.26. The van der Waals surface area contributed by atoms with Crippen molar-refractivity contribution >= 4 is 5.69 Å². The van der Waals surface area contributed by atoms with E-state index in [2.05, 4.69) is 6.58 Å². The molecule has 15 heavy (non-hydrogen) atoms. The first-order chi connectivity index (χ1) is 7.19. The van der Waals surface area contributed by atoms with E-state index in [1.807, 2.05) is 0 Å². The molecule has 4 heteroatoms. The number of aliphatic hydroxyl groups excluding tert-OH is 1. The maximum absolute atomic E-state index is 10.5. The smallest absolute Gasteiger partial charge is 0.269 e. The van der Waals surface area contributed by atoms with Crippen molar-refractivity contribution < 1.29 is 10.0 Å². The van der Waals surface area contributed by atoms with Gasteiger partial charge in [0.2, 0.25) is 0 Å². The Morgan fingerprint density at radius 1 is 1.60 bits per heavy atom. The van der Waals surface area contributed by atoms with Crippen molar-refractivity contribution in [3.8, 4) is 0 Å². The molecule has 0 radical (unpaired) electrons. The van der Waals surface area contributed by atoms with E-state index >= 15 is 0 Å². The van der Waals surface area contributed by atoms with Gasteiger partial charge in [0, 0.05) is 18.1 Å². The zero-order valence-corrected chi connectivity index (χ0v) is 8.30. The Morgan fingerprint density at radius 3 is 2.87 bits per heavy atom. The molecule has 1 aromatic carbocycles. The van der Waals surface area contributed by atoms with Crippen molar-refractivity contribution in [3.63, 3.8) is 0 Å². The van der Waals surface area contributed by atoms with E-state index in [0.29, 0.717) is 6.42 Å². The van der Waals surface area contributed by atoms with Gasteiger partial charge in [-0.15, -0.1) is 6.58 Å². The summed E-state index contributed by atoms with van der Waals surface area (Å²) in [5.41, 5.74) is 0.821. The minimum atomic E-state index is -0.439. The van der Waals surface area contributed by atoms with E-state index in [0.717, 1.165) is 5.56 Å². The fourth-order valence-electron chi connectivity index (χ4n) is 1.41. The van der Waals surface area contributed by atoms with E-state index in [9.17, 15) is 10.1 Å². The Kier molecular flexibility index (Phi) is 4.00. The highest BCUT2D eigenvalue weighted by Gasteiger charge is 2.12. The highest BCUT2D eigenvalue weighted by atomic mass is 16.6. The van der Waals surface area contributed by atoms with Crippen molar-refractivity contribution in [1.82, 2.24) is 0 Å². The van der Waals surface area contributed by atoms with Crippen molar-refractivity contribution in [2.24, 2.45) is 0 Å². The van der Waals surface area contributed by atoms with Gasteiger partial charge in [0.25, 0.3) is 5.69 Å². The molecule has 1 unspecified atom stereocenters. The fraction of sp³-hybridized carbons (Fsp3) is 0.273. The molecule has 0 aliphatic rings. The number of aliphatic hydroxyl groups is 1. The number of allylic oxidation sites excluding steroid dienone is 1. The molecule has 1 rings (SSSR count). The number of non-ortho nitro benzene ring substituents is 1. The van der Waals surface area contributed by atoms with Gasteiger partial charge in [0.15, 0.2) is 0 Å². The molecule has 0 fully saturated rings. The largest absolute Gasteiger partial charge is 0.396 e. The van der Waals surface area contributed by atoms with E-state index in [-0.39, 0.29) is 18.2 Å². The Labute approximate surface area is 88.0 Å². The van der Waals surface area contributed by atoms with Gasteiger partial charge in [-0.25, -0.2) is 0 Å². The van der Waals surface area contributed by atoms with Crippen molar-refractivity contribution in [2.75, 3.05) is 6.61 Å². The Hall–Kier alpha value is -1.68. The van der Waals surface area contributed by atoms with Crippen LogP contribution >= 0.6 is 0 Å². The number of hydrogen-bond acceptors (Lipinski definition) is 3. The van der Waals surface area contributed by atoms with Gasteiger partial charge in [0.1, 0.15) is 0 Å². The second kappa shape index (κ2) is 5.26. The minimum Gasteiger partial charge on any atom is -0.396 e. The summed E-state index contributed by atoms with van der Waals surface area (Å²) in [5, 5.41) is 19.7. The van der Waals surface area contributed by atoms with Crippen LogP contribution in [0.25, 0.3) is 0 Å². The molecule has 0 heterocycles. The van der Waals surface area contributed by atoms with Crippen LogP contribution in [0.15, 0.2) is 36.9 Å². The van der Waals surface area contributed by atoms with Crippen molar-refractivity contribution in [1.29, 1.82) is 0 Å². The number of hydrogen-bond donors (Lipinski definition) is 1. The monoisotopic (exact) mass is 207 g/mol. The van der Waals surface area contributed by atoms with Gasteiger partial charge in [-0.1, -0.05) is 18.2 Å². The normalized spacial score (nSPS) is 12.1. The van der Waals surface area contributed by atoms with E-state index < -0.39 is 4.92 Å². The average Bonchev–Trinajstić information content (AvgIpc) is 2.26. The zero-order valence-electron chi connectivity index (χ0n) is 8.30. The van der Waals surface area contributed by atoms with Crippen LogP contribution in [0.5, 0.6) is 0 Å². The lowest BCUT2D eigenvalue weighted by Crippen LogP contribution is -2.03. The first kappa shape index (κ1) is 11.4. The van der Waals surface area contributed by atoms with Crippen molar-refractivity contribution in [3.05, 3.63) is 52.6 Å². The summed E-state index contributed by atoms with van der Waals surface area (Å²) < 4.78 is 0. The number of benzene rings is 1. The third kappa shape index (κ3) is 2.89. The van der Waals surface area contributed by atoms with Crippen molar-refractivity contribution in [2.45, 2.75) is 12.3 Å². The first-order valence-electron chi connectivity index (χ1n) is 4.65. The van der Waals surface area contributed by atoms with Gasteiger partial charge < -0.3 is 5.11 Å². The number of nitrogens with zero attached hydrogens (tertiary/aromatic N) is 1. The first-order valence-corrected chi connectivity index (χ1v) is 4.65. The lowest BCUT2D eigenvalue weighted by molar-refractivity contribution is -0.384. The maximum atomic E-state index is 10.5. The molecule has 1 N–H and O–H groups in total. The molecule has 0 spiro atoms. The quantitative estimate of drug-likeness (QED) is 0.457. The Balaban J connectivity index is 2.97. The molecule has 0 bridgehead atoms.